The van der Waals surface area contributed by atoms with Gasteiger partial charge < -0.3 is 20.7 Å². The molecule has 0 fully saturated rings. The molecule has 1 aliphatic carbocycles. The van der Waals surface area contributed by atoms with Crippen molar-refractivity contribution in [1.29, 1.82) is 0 Å². The smallest absolute Gasteiger partial charge is 0.413 e. The van der Waals surface area contributed by atoms with Gasteiger partial charge in [0, 0.05) is 40.9 Å². The van der Waals surface area contributed by atoms with E-state index in [0.717, 1.165) is 43.3 Å². The van der Waals surface area contributed by atoms with E-state index in [-0.39, 0.29) is 5.11 Å². The van der Waals surface area contributed by atoms with Crippen molar-refractivity contribution in [3.63, 3.8) is 0 Å². The molecular formula is C21H30N4O2S. The molecule has 2 aromatic rings. The molecule has 0 aliphatic heterocycles. The Morgan fingerprint density at radius 3 is 2.89 bits per heavy atom. The molecule has 28 heavy (non-hydrogen) atoms. The molecule has 152 valence electrons. The van der Waals surface area contributed by atoms with E-state index in [0.29, 0.717) is 18.6 Å². The zero-order valence-electron chi connectivity index (χ0n) is 16.8. The number of hydrogen-bond acceptors (Lipinski definition) is 3. The average Bonchev–Trinajstić information content (AvgIpc) is 2.98. The Labute approximate surface area is 171 Å². The molecule has 3 rings (SSSR count). The van der Waals surface area contributed by atoms with Gasteiger partial charge in [0.2, 0.25) is 0 Å². The van der Waals surface area contributed by atoms with Gasteiger partial charge in [-0.2, -0.15) is 0 Å². The summed E-state index contributed by atoms with van der Waals surface area (Å²) < 4.78 is 0. The molecule has 0 saturated heterocycles. The second kappa shape index (κ2) is 8.92. The molecule has 0 spiro atoms. The van der Waals surface area contributed by atoms with Gasteiger partial charge in [-0.25, -0.2) is 4.79 Å². The number of hydrogen-bond donors (Lipinski definition) is 4. The third kappa shape index (κ3) is 4.64. The number of thiocarbonyl (C=S) groups is 1. The van der Waals surface area contributed by atoms with Crippen LogP contribution in [0.1, 0.15) is 51.3 Å². The number of nitrogens with zero attached hydrogens (tertiary/aromatic N) is 1. The zero-order chi connectivity index (χ0) is 20.3. The minimum Gasteiger partial charge on any atom is -0.465 e. The number of H-pyrrole nitrogens is 1. The first-order chi connectivity index (χ1) is 13.4. The molecule has 1 aliphatic rings. The minimum absolute atomic E-state index is 0.226. The summed E-state index contributed by atoms with van der Waals surface area (Å²) in [7, 11) is 0. The van der Waals surface area contributed by atoms with Gasteiger partial charge in [-0.05, 0) is 61.7 Å². The number of rotatable bonds is 6. The number of carbonyl (C=O) groups is 1. The fourth-order valence-corrected chi connectivity index (χ4v) is 4.19. The van der Waals surface area contributed by atoms with Gasteiger partial charge in [0.25, 0.3) is 0 Å². The lowest BCUT2D eigenvalue weighted by atomic mass is 9.91. The normalized spacial score (nSPS) is 16.2. The Hall–Kier alpha value is -2.12. The Kier molecular flexibility index (Phi) is 6.57. The number of benzene rings is 1. The maximum Gasteiger partial charge on any atom is 0.413 e. The van der Waals surface area contributed by atoms with Gasteiger partial charge in [-0.3, -0.25) is 4.90 Å². The lowest BCUT2D eigenvalue weighted by Gasteiger charge is -2.25. The van der Waals surface area contributed by atoms with E-state index in [2.05, 4.69) is 35.5 Å². The summed E-state index contributed by atoms with van der Waals surface area (Å²) in [5.41, 5.74) is 4.61. The summed E-state index contributed by atoms with van der Waals surface area (Å²) in [6.45, 7) is 6.80. The first-order valence-electron chi connectivity index (χ1n) is 10.1. The van der Waals surface area contributed by atoms with Crippen molar-refractivity contribution < 1.29 is 9.90 Å². The van der Waals surface area contributed by atoms with E-state index in [1.54, 1.807) is 0 Å². The van der Waals surface area contributed by atoms with Crippen LogP contribution in [-0.4, -0.2) is 44.8 Å². The van der Waals surface area contributed by atoms with E-state index < -0.39 is 6.09 Å². The van der Waals surface area contributed by atoms with Crippen LogP contribution in [0.15, 0.2) is 18.2 Å². The van der Waals surface area contributed by atoms with Crippen molar-refractivity contribution in [1.82, 2.24) is 15.2 Å². The molecule has 7 heteroatoms. The lowest BCUT2D eigenvalue weighted by Crippen LogP contribution is -2.39. The summed E-state index contributed by atoms with van der Waals surface area (Å²) >= 11 is 5.35. The fourth-order valence-electron chi connectivity index (χ4n) is 3.90. The van der Waals surface area contributed by atoms with Crippen molar-refractivity contribution in [3.05, 3.63) is 29.5 Å². The number of nitrogens with one attached hydrogen (secondary N) is 3. The second-order valence-electron chi connectivity index (χ2n) is 7.82. The number of carboxylic acid groups (broad SMARTS) is 1. The number of fused-ring (bicyclic) bond motifs is 3. The number of anilines is 1. The van der Waals surface area contributed by atoms with Crippen LogP contribution >= 0.6 is 12.2 Å². The third-order valence-electron chi connectivity index (χ3n) is 5.22. The number of unbranched alkanes of at least 4 members (excludes halogenated alkanes) is 1. The van der Waals surface area contributed by atoms with Crippen LogP contribution in [0.3, 0.4) is 0 Å². The molecule has 6 nitrogen and oxygen atoms in total. The summed E-state index contributed by atoms with van der Waals surface area (Å²) in [6.07, 6.45) is 3.85. The number of aryl methyl sites for hydroxylation is 1. The predicted molar refractivity (Wildman–Crippen MR) is 118 cm³/mol. The molecule has 1 amide bonds. The van der Waals surface area contributed by atoms with Crippen molar-refractivity contribution >= 4 is 40.0 Å². The van der Waals surface area contributed by atoms with Gasteiger partial charge in [-0.15, -0.1) is 0 Å². The first kappa shape index (κ1) is 20.6. The fraction of sp³-hybridized carbons (Fsp3) is 0.524. The van der Waals surface area contributed by atoms with Gasteiger partial charge >= 0.3 is 6.09 Å². The summed E-state index contributed by atoms with van der Waals surface area (Å²) in [6, 6.07) is 7.02. The quantitative estimate of drug-likeness (QED) is 0.535. The first-order valence-corrected chi connectivity index (χ1v) is 10.5. The molecule has 1 aromatic heterocycles. The van der Waals surface area contributed by atoms with Crippen LogP contribution < -0.4 is 10.6 Å². The largest absolute Gasteiger partial charge is 0.465 e. The van der Waals surface area contributed by atoms with Crippen LogP contribution in [0.25, 0.3) is 10.9 Å². The Morgan fingerprint density at radius 2 is 2.21 bits per heavy atom. The van der Waals surface area contributed by atoms with Crippen LogP contribution in [0, 0.1) is 0 Å². The average molecular weight is 403 g/mol. The lowest BCUT2D eigenvalue weighted by molar-refractivity contribution is 0.169. The van der Waals surface area contributed by atoms with Crippen LogP contribution in [0.5, 0.6) is 0 Å². The van der Waals surface area contributed by atoms with E-state index in [1.807, 2.05) is 19.1 Å². The van der Waals surface area contributed by atoms with Crippen molar-refractivity contribution in [3.8, 4) is 0 Å². The van der Waals surface area contributed by atoms with Gasteiger partial charge in [0.1, 0.15) is 0 Å². The van der Waals surface area contributed by atoms with E-state index in [4.69, 9.17) is 12.2 Å². The maximum absolute atomic E-state index is 11.5. The Morgan fingerprint density at radius 1 is 1.43 bits per heavy atom. The van der Waals surface area contributed by atoms with E-state index >= 15 is 0 Å². The molecule has 0 radical (unpaired) electrons. The number of amides is 1. The molecule has 1 atom stereocenters. The number of aromatic nitrogens is 1. The molecule has 4 N–H and O–H groups in total. The van der Waals surface area contributed by atoms with Gasteiger partial charge in [0.15, 0.2) is 5.11 Å². The summed E-state index contributed by atoms with van der Waals surface area (Å²) in [5, 5.41) is 17.6. The van der Waals surface area contributed by atoms with Crippen molar-refractivity contribution in [2.75, 3.05) is 11.9 Å². The maximum atomic E-state index is 11.5. The summed E-state index contributed by atoms with van der Waals surface area (Å²) in [5.74, 6) is 0. The topological polar surface area (TPSA) is 80.4 Å². The molecule has 0 saturated carbocycles. The second-order valence-corrected chi connectivity index (χ2v) is 8.21. The number of aromatic amines is 1. The van der Waals surface area contributed by atoms with Crippen LogP contribution in [-0.2, 0) is 12.8 Å². The minimum atomic E-state index is -1.02. The SMILES string of the molecule is CCCCN(C(=O)O)C(=S)Nc1ccc2[nH]c3c(c2c1)CC(NC(C)C)CC3. The highest BCUT2D eigenvalue weighted by atomic mass is 32.1. The molecule has 1 aromatic carbocycles. The summed E-state index contributed by atoms with van der Waals surface area (Å²) in [4.78, 5) is 16.3. The van der Waals surface area contributed by atoms with Crippen LogP contribution in [0.4, 0.5) is 10.5 Å². The standard InChI is InChI=1S/C21H30N4O2S/c1-4-5-10-25(21(26)27)20(28)23-15-7-9-19-17(12-15)16-11-14(22-13(2)3)6-8-18(16)24-19/h7,9,12-14,22,24H,4-6,8,10-11H2,1-3H3,(H,23,28)(H,26,27). The monoisotopic (exact) mass is 402 g/mol. The van der Waals surface area contributed by atoms with E-state index in [1.165, 1.54) is 21.5 Å². The van der Waals surface area contributed by atoms with Crippen molar-refractivity contribution in [2.24, 2.45) is 0 Å². The molecule has 1 heterocycles. The molecular weight excluding hydrogens is 372 g/mol. The van der Waals surface area contributed by atoms with Crippen molar-refractivity contribution in [2.45, 2.75) is 65.0 Å². The Balaban J connectivity index is 1.80. The molecule has 1 unspecified atom stereocenters. The van der Waals surface area contributed by atoms with E-state index in [9.17, 15) is 9.90 Å². The highest BCUT2D eigenvalue weighted by Crippen LogP contribution is 2.31. The van der Waals surface area contributed by atoms with Gasteiger partial charge in [0.05, 0.1) is 0 Å². The third-order valence-corrected chi connectivity index (χ3v) is 5.54. The Bertz CT molecular complexity index is 861. The molecule has 0 bridgehead atoms. The highest BCUT2D eigenvalue weighted by Gasteiger charge is 2.23. The van der Waals surface area contributed by atoms with Gasteiger partial charge in [-0.1, -0.05) is 27.2 Å². The van der Waals surface area contributed by atoms with Crippen LogP contribution in [0.2, 0.25) is 0 Å². The zero-order valence-corrected chi connectivity index (χ0v) is 17.7. The highest BCUT2D eigenvalue weighted by molar-refractivity contribution is 7.80. The predicted octanol–water partition coefficient (Wildman–Crippen LogP) is 4.50.